The minimum absolute atomic E-state index is 0.0213. The number of nitrogens with two attached hydrogens (primary N) is 1. The van der Waals surface area contributed by atoms with E-state index in [-0.39, 0.29) is 18.4 Å². The van der Waals surface area contributed by atoms with Crippen LogP contribution in [0.1, 0.15) is 32.8 Å². The van der Waals surface area contributed by atoms with Crippen molar-refractivity contribution in [1.29, 1.82) is 0 Å². The first-order chi connectivity index (χ1) is 10.3. The molecule has 0 fully saturated rings. The summed E-state index contributed by atoms with van der Waals surface area (Å²) in [6.45, 7) is 7.15. The lowest BCUT2D eigenvalue weighted by atomic mass is 9.96. The lowest BCUT2D eigenvalue weighted by molar-refractivity contribution is -0.135. The fraction of sp³-hybridized carbons (Fsp3) is 0.529. The monoisotopic (exact) mass is 305 g/mol. The Morgan fingerprint density at radius 1 is 1.18 bits per heavy atom. The van der Waals surface area contributed by atoms with Crippen LogP contribution in [0, 0.1) is 5.41 Å². The van der Waals surface area contributed by atoms with E-state index in [9.17, 15) is 9.59 Å². The Balaban J connectivity index is 2.62. The third-order valence-corrected chi connectivity index (χ3v) is 3.28. The average Bonchev–Trinajstić information content (AvgIpc) is 2.48. The fourth-order valence-corrected chi connectivity index (χ4v) is 1.91. The summed E-state index contributed by atoms with van der Waals surface area (Å²) in [6.07, 6.45) is 0.742. The molecular weight excluding hydrogens is 278 g/mol. The first kappa shape index (κ1) is 18.2. The van der Waals surface area contributed by atoms with Crippen LogP contribution < -0.4 is 11.1 Å². The van der Waals surface area contributed by atoms with Gasteiger partial charge in [0.2, 0.25) is 11.8 Å². The highest BCUT2D eigenvalue weighted by atomic mass is 16.2. The zero-order chi connectivity index (χ0) is 16.6. The van der Waals surface area contributed by atoms with Gasteiger partial charge in [0.1, 0.15) is 0 Å². The van der Waals surface area contributed by atoms with Gasteiger partial charge in [0.05, 0.1) is 6.54 Å². The first-order valence-corrected chi connectivity index (χ1v) is 7.64. The minimum Gasteiger partial charge on any atom is -0.347 e. The van der Waals surface area contributed by atoms with Crippen molar-refractivity contribution in [2.24, 2.45) is 11.1 Å². The van der Waals surface area contributed by atoms with Crippen molar-refractivity contribution in [3.63, 3.8) is 0 Å². The topological polar surface area (TPSA) is 75.4 Å². The zero-order valence-corrected chi connectivity index (χ0v) is 13.8. The molecule has 0 saturated carbocycles. The first-order valence-electron chi connectivity index (χ1n) is 7.64. The smallest absolute Gasteiger partial charge is 0.242 e. The van der Waals surface area contributed by atoms with Gasteiger partial charge in [-0.25, -0.2) is 0 Å². The molecule has 5 nitrogen and oxygen atoms in total. The van der Waals surface area contributed by atoms with Crippen LogP contribution in [0.4, 0.5) is 0 Å². The summed E-state index contributed by atoms with van der Waals surface area (Å²) >= 11 is 0. The highest BCUT2D eigenvalue weighted by molar-refractivity contribution is 5.87. The van der Waals surface area contributed by atoms with Gasteiger partial charge < -0.3 is 16.0 Å². The molecule has 1 aromatic rings. The molecule has 1 aromatic carbocycles. The Morgan fingerprint density at radius 3 is 2.36 bits per heavy atom. The Bertz CT molecular complexity index is 480. The maximum Gasteiger partial charge on any atom is 0.242 e. The van der Waals surface area contributed by atoms with Crippen LogP contribution in [0.15, 0.2) is 30.3 Å². The van der Waals surface area contributed by atoms with E-state index in [0.29, 0.717) is 19.6 Å². The van der Waals surface area contributed by atoms with Crippen LogP contribution in [0.3, 0.4) is 0 Å². The van der Waals surface area contributed by atoms with Gasteiger partial charge >= 0.3 is 0 Å². The van der Waals surface area contributed by atoms with Gasteiger partial charge in [-0.05, 0) is 18.5 Å². The second-order valence-corrected chi connectivity index (χ2v) is 6.38. The van der Waals surface area contributed by atoms with Crippen molar-refractivity contribution < 1.29 is 9.59 Å². The molecule has 0 atom stereocenters. The lowest BCUT2D eigenvalue weighted by Gasteiger charge is -2.24. The largest absolute Gasteiger partial charge is 0.347 e. The second kappa shape index (κ2) is 8.54. The van der Waals surface area contributed by atoms with Gasteiger partial charge in [-0.1, -0.05) is 51.1 Å². The van der Waals surface area contributed by atoms with E-state index in [4.69, 9.17) is 5.73 Å². The van der Waals surface area contributed by atoms with Crippen LogP contribution in [-0.4, -0.2) is 36.3 Å². The Kier molecular flexibility index (Phi) is 7.05. The molecule has 22 heavy (non-hydrogen) atoms. The maximum atomic E-state index is 12.4. The maximum absolute atomic E-state index is 12.4. The van der Waals surface area contributed by atoms with E-state index < -0.39 is 5.41 Å². The van der Waals surface area contributed by atoms with Crippen molar-refractivity contribution in [2.45, 2.75) is 33.7 Å². The van der Waals surface area contributed by atoms with E-state index in [1.165, 1.54) is 0 Å². The number of hydrogen-bond donors (Lipinski definition) is 2. The van der Waals surface area contributed by atoms with Gasteiger partial charge in [0.25, 0.3) is 0 Å². The van der Waals surface area contributed by atoms with E-state index >= 15 is 0 Å². The Hall–Kier alpha value is -1.88. The molecule has 3 N–H and O–H groups in total. The molecule has 0 aliphatic rings. The van der Waals surface area contributed by atoms with Crippen LogP contribution in [0.2, 0.25) is 0 Å². The molecule has 0 heterocycles. The molecule has 0 spiro atoms. The number of nitrogens with one attached hydrogen (secondary N) is 1. The molecule has 0 saturated heterocycles. The summed E-state index contributed by atoms with van der Waals surface area (Å²) in [6, 6.07) is 9.80. The van der Waals surface area contributed by atoms with Gasteiger partial charge in [0.15, 0.2) is 0 Å². The van der Waals surface area contributed by atoms with Crippen LogP contribution in [-0.2, 0) is 16.1 Å². The predicted octanol–water partition coefficient (Wildman–Crippen LogP) is 1.53. The number of hydrogen-bond acceptors (Lipinski definition) is 3. The summed E-state index contributed by atoms with van der Waals surface area (Å²) < 4.78 is 0. The van der Waals surface area contributed by atoms with Crippen molar-refractivity contribution in [2.75, 3.05) is 19.6 Å². The summed E-state index contributed by atoms with van der Waals surface area (Å²) in [4.78, 5) is 26.0. The van der Waals surface area contributed by atoms with Gasteiger partial charge in [0, 0.05) is 18.5 Å². The Labute approximate surface area is 132 Å². The van der Waals surface area contributed by atoms with Crippen LogP contribution in [0.5, 0.6) is 0 Å². The van der Waals surface area contributed by atoms with E-state index in [2.05, 4.69) is 5.32 Å². The molecule has 1 rings (SSSR count). The van der Waals surface area contributed by atoms with Crippen molar-refractivity contribution >= 4 is 11.8 Å². The molecule has 0 aromatic heterocycles. The molecule has 0 bridgehead atoms. The zero-order valence-electron chi connectivity index (χ0n) is 13.8. The fourth-order valence-electron chi connectivity index (χ4n) is 1.91. The number of benzene rings is 1. The number of carbonyl (C=O) groups is 2. The third-order valence-electron chi connectivity index (χ3n) is 3.28. The highest BCUT2D eigenvalue weighted by Gasteiger charge is 2.22. The molecule has 2 amide bonds. The number of rotatable bonds is 7. The predicted molar refractivity (Wildman–Crippen MR) is 88.0 cm³/mol. The molecular formula is C17H27N3O2. The van der Waals surface area contributed by atoms with Crippen molar-refractivity contribution in [3.8, 4) is 0 Å². The highest BCUT2D eigenvalue weighted by Crippen LogP contribution is 2.12. The summed E-state index contributed by atoms with van der Waals surface area (Å²) in [5, 5.41) is 2.70. The number of amides is 2. The SMILES string of the molecule is CC(C)(C)C(=O)NCC(=O)N(CCCN)Cc1ccccc1. The van der Waals surface area contributed by atoms with Gasteiger partial charge in [-0.3, -0.25) is 9.59 Å². The molecule has 5 heteroatoms. The standard InChI is InChI=1S/C17H27N3O2/c1-17(2,3)16(22)19-12-15(21)20(11-7-10-18)13-14-8-5-4-6-9-14/h4-6,8-9H,7,10-13,18H2,1-3H3,(H,19,22). The summed E-state index contributed by atoms with van der Waals surface area (Å²) in [7, 11) is 0. The quantitative estimate of drug-likeness (QED) is 0.802. The molecule has 122 valence electrons. The normalized spacial score (nSPS) is 11.1. The minimum atomic E-state index is -0.498. The van der Waals surface area contributed by atoms with E-state index in [1.54, 1.807) is 4.90 Å². The molecule has 0 radical (unpaired) electrons. The second-order valence-electron chi connectivity index (χ2n) is 6.38. The van der Waals surface area contributed by atoms with Gasteiger partial charge in [-0.15, -0.1) is 0 Å². The summed E-state index contributed by atoms with van der Waals surface area (Å²) in [5.41, 5.74) is 6.11. The number of nitrogens with zero attached hydrogens (tertiary/aromatic N) is 1. The van der Waals surface area contributed by atoms with Crippen LogP contribution in [0.25, 0.3) is 0 Å². The summed E-state index contributed by atoms with van der Waals surface area (Å²) in [5.74, 6) is -0.214. The Morgan fingerprint density at radius 2 is 1.82 bits per heavy atom. The molecule has 0 aliphatic carbocycles. The number of carbonyl (C=O) groups excluding carboxylic acids is 2. The lowest BCUT2D eigenvalue weighted by Crippen LogP contribution is -2.43. The van der Waals surface area contributed by atoms with Crippen LogP contribution >= 0.6 is 0 Å². The molecule has 0 aliphatic heterocycles. The van der Waals surface area contributed by atoms with Gasteiger partial charge in [-0.2, -0.15) is 0 Å². The molecule has 0 unspecified atom stereocenters. The van der Waals surface area contributed by atoms with Crippen molar-refractivity contribution in [1.82, 2.24) is 10.2 Å². The van der Waals surface area contributed by atoms with E-state index in [0.717, 1.165) is 12.0 Å². The average molecular weight is 305 g/mol. The van der Waals surface area contributed by atoms with Crippen molar-refractivity contribution in [3.05, 3.63) is 35.9 Å². The van der Waals surface area contributed by atoms with E-state index in [1.807, 2.05) is 51.1 Å². The third kappa shape index (κ3) is 6.26.